The molecule has 4 nitrogen and oxygen atoms in total. The van der Waals surface area contributed by atoms with E-state index in [1.807, 2.05) is 0 Å². The fourth-order valence-electron chi connectivity index (χ4n) is 8.90. The summed E-state index contributed by atoms with van der Waals surface area (Å²) in [5.74, 6) is -0.639. The molecule has 62 heavy (non-hydrogen) atoms. The monoisotopic (exact) mass is 871 g/mol. The van der Waals surface area contributed by atoms with Crippen LogP contribution in [0, 0.1) is 0 Å². The molecule has 0 radical (unpaired) electrons. The van der Waals surface area contributed by atoms with Crippen molar-refractivity contribution in [3.63, 3.8) is 0 Å². The van der Waals surface area contributed by atoms with Gasteiger partial charge in [0, 0.05) is 12.8 Å². The van der Waals surface area contributed by atoms with E-state index in [4.69, 9.17) is 9.84 Å². The van der Waals surface area contributed by atoms with E-state index in [2.05, 4.69) is 31.2 Å². The highest BCUT2D eigenvalue weighted by Gasteiger charge is 2.03. The molecule has 0 aromatic rings. The molecule has 0 aromatic carbocycles. The summed E-state index contributed by atoms with van der Waals surface area (Å²) in [5.41, 5.74) is 0. The van der Waals surface area contributed by atoms with Crippen molar-refractivity contribution in [3.8, 4) is 0 Å². The summed E-state index contributed by atoms with van der Waals surface area (Å²) in [4.78, 5) is 22.6. The number of carboxylic acids is 1. The number of unbranched alkanes of at least 4 members (excludes halogenated alkanes) is 44. The Labute approximate surface area is 388 Å². The number of carboxylic acid groups (broad SMARTS) is 1. The molecule has 0 unspecified atom stereocenters. The maximum Gasteiger partial charge on any atom is 0.305 e. The van der Waals surface area contributed by atoms with Crippen LogP contribution < -0.4 is 0 Å². The highest BCUT2D eigenvalue weighted by molar-refractivity contribution is 5.69. The molecule has 0 spiro atoms. The van der Waals surface area contributed by atoms with E-state index < -0.39 is 5.97 Å². The molecule has 0 rings (SSSR count). The van der Waals surface area contributed by atoms with E-state index in [1.165, 1.54) is 270 Å². The van der Waals surface area contributed by atoms with Crippen LogP contribution in [-0.4, -0.2) is 23.7 Å². The van der Waals surface area contributed by atoms with Crippen molar-refractivity contribution >= 4 is 11.9 Å². The summed E-state index contributed by atoms with van der Waals surface area (Å²) in [7, 11) is 0. The molecule has 1 N–H and O–H groups in total. The lowest BCUT2D eigenvalue weighted by Crippen LogP contribution is -2.05. The highest BCUT2D eigenvalue weighted by atomic mass is 16.5. The number of carbonyl (C=O) groups excluding carboxylic acids is 1. The Morgan fingerprint density at radius 2 is 0.581 bits per heavy atom. The van der Waals surface area contributed by atoms with Gasteiger partial charge in [0.2, 0.25) is 0 Å². The van der Waals surface area contributed by atoms with Gasteiger partial charge >= 0.3 is 11.9 Å². The van der Waals surface area contributed by atoms with Crippen molar-refractivity contribution in [2.75, 3.05) is 6.61 Å². The van der Waals surface area contributed by atoms with Gasteiger partial charge in [0.15, 0.2) is 0 Å². The minimum atomic E-state index is -0.650. The third kappa shape index (κ3) is 56.4. The van der Waals surface area contributed by atoms with Crippen LogP contribution in [0.2, 0.25) is 0 Å². The molecule has 366 valence electrons. The lowest BCUT2D eigenvalue weighted by molar-refractivity contribution is -0.144. The van der Waals surface area contributed by atoms with Gasteiger partial charge in [0.1, 0.15) is 0 Å². The van der Waals surface area contributed by atoms with Crippen molar-refractivity contribution in [2.24, 2.45) is 0 Å². The molecule has 4 heteroatoms. The minimum absolute atomic E-state index is 0.0109. The van der Waals surface area contributed by atoms with E-state index in [0.717, 1.165) is 38.5 Å². The second kappa shape index (κ2) is 55.6. The normalized spacial score (nSPS) is 11.8. The average molecular weight is 872 g/mol. The fourth-order valence-corrected chi connectivity index (χ4v) is 8.90. The third-order valence-corrected chi connectivity index (χ3v) is 13.1. The first kappa shape index (κ1) is 60.4. The average Bonchev–Trinajstić information content (AvgIpc) is 3.27. The first-order valence-corrected chi connectivity index (χ1v) is 28.3. The van der Waals surface area contributed by atoms with E-state index in [-0.39, 0.29) is 5.97 Å². The van der Waals surface area contributed by atoms with Crippen molar-refractivity contribution < 1.29 is 19.4 Å². The summed E-state index contributed by atoms with van der Waals surface area (Å²) in [5, 5.41) is 8.67. The Bertz CT molecular complexity index is 924. The number of ether oxygens (including phenoxy) is 1. The maximum atomic E-state index is 12.0. The van der Waals surface area contributed by atoms with Crippen LogP contribution in [0.1, 0.15) is 328 Å². The molecule has 0 atom stereocenters. The zero-order valence-electron chi connectivity index (χ0n) is 42.0. The summed E-state index contributed by atoms with van der Waals surface area (Å²) in [6.45, 7) is 2.87. The predicted octanol–water partition coefficient (Wildman–Crippen LogP) is 20.3. The molecular weight excluding hydrogens is 761 g/mol. The van der Waals surface area contributed by atoms with Gasteiger partial charge < -0.3 is 9.84 Å². The number of esters is 1. The quantitative estimate of drug-likeness (QED) is 0.0376. The predicted molar refractivity (Wildman–Crippen MR) is 273 cm³/mol. The van der Waals surface area contributed by atoms with Gasteiger partial charge in [-0.3, -0.25) is 9.59 Å². The van der Waals surface area contributed by atoms with Crippen molar-refractivity contribution in [1.29, 1.82) is 0 Å². The Balaban J connectivity index is 3.15. The van der Waals surface area contributed by atoms with Crippen molar-refractivity contribution in [3.05, 3.63) is 24.3 Å². The Morgan fingerprint density at radius 3 is 0.887 bits per heavy atom. The Morgan fingerprint density at radius 1 is 0.323 bits per heavy atom. The summed E-state index contributed by atoms with van der Waals surface area (Å²) >= 11 is 0. The van der Waals surface area contributed by atoms with Crippen LogP contribution in [0.25, 0.3) is 0 Å². The lowest BCUT2D eigenvalue weighted by Gasteiger charge is -2.06. The van der Waals surface area contributed by atoms with Crippen LogP contribution in [-0.2, 0) is 14.3 Å². The summed E-state index contributed by atoms with van der Waals surface area (Å²) in [6, 6.07) is 0. The first-order chi connectivity index (χ1) is 30.7. The molecule has 0 amide bonds. The molecule has 0 aliphatic carbocycles. The molecule has 0 saturated heterocycles. The second-order valence-corrected chi connectivity index (χ2v) is 19.4. The number of allylic oxidation sites excluding steroid dienone is 4. The van der Waals surface area contributed by atoms with E-state index >= 15 is 0 Å². The maximum absolute atomic E-state index is 12.0. The minimum Gasteiger partial charge on any atom is -0.481 e. The molecule has 0 bridgehead atoms. The number of hydrogen-bond acceptors (Lipinski definition) is 3. The van der Waals surface area contributed by atoms with Crippen molar-refractivity contribution in [1.82, 2.24) is 0 Å². The molecule has 0 aliphatic heterocycles. The second-order valence-electron chi connectivity index (χ2n) is 19.4. The van der Waals surface area contributed by atoms with E-state index in [0.29, 0.717) is 19.4 Å². The lowest BCUT2D eigenvalue weighted by atomic mass is 10.0. The highest BCUT2D eigenvalue weighted by Crippen LogP contribution is 2.18. The van der Waals surface area contributed by atoms with Gasteiger partial charge in [-0.15, -0.1) is 0 Å². The van der Waals surface area contributed by atoms with Crippen LogP contribution in [0.4, 0.5) is 0 Å². The number of carbonyl (C=O) groups is 2. The van der Waals surface area contributed by atoms with Gasteiger partial charge in [0.25, 0.3) is 0 Å². The Hall–Kier alpha value is -1.58. The van der Waals surface area contributed by atoms with Crippen molar-refractivity contribution in [2.45, 2.75) is 328 Å². The third-order valence-electron chi connectivity index (χ3n) is 13.1. The molecular formula is C58H110O4. The SMILES string of the molecule is CCCCC/C=C\C/C=C\CCCCCCCC(=O)OCCCCCCCCCCCCCCCCCCCCCCCCCCCCCCCCCCCCCCCC(=O)O. The number of hydrogen-bond donors (Lipinski definition) is 1. The van der Waals surface area contributed by atoms with Gasteiger partial charge in [0.05, 0.1) is 6.61 Å². The van der Waals surface area contributed by atoms with Gasteiger partial charge in [-0.1, -0.05) is 288 Å². The van der Waals surface area contributed by atoms with Gasteiger partial charge in [-0.2, -0.15) is 0 Å². The van der Waals surface area contributed by atoms with Gasteiger partial charge in [-0.05, 0) is 51.4 Å². The van der Waals surface area contributed by atoms with E-state index in [9.17, 15) is 9.59 Å². The first-order valence-electron chi connectivity index (χ1n) is 28.3. The molecule has 0 fully saturated rings. The molecule has 0 heterocycles. The largest absolute Gasteiger partial charge is 0.481 e. The number of rotatable bonds is 54. The van der Waals surface area contributed by atoms with Crippen LogP contribution in [0.15, 0.2) is 24.3 Å². The molecule has 0 aromatic heterocycles. The standard InChI is InChI=1S/C58H110O4/c1-2-3-4-5-6-7-8-9-33-37-40-43-46-49-52-55-58(61)62-56-53-50-47-44-41-38-35-32-30-28-26-24-22-20-18-16-14-12-10-11-13-15-17-19-21-23-25-27-29-31-34-36-39-42-45-48-51-54-57(59)60/h6-7,9,33H,2-5,8,10-32,34-56H2,1H3,(H,59,60)/b7-6-,33-9-. The molecule has 0 aliphatic rings. The smallest absolute Gasteiger partial charge is 0.305 e. The van der Waals surface area contributed by atoms with Crippen LogP contribution in [0.5, 0.6) is 0 Å². The number of aliphatic carboxylic acids is 1. The Kier molecular flexibility index (Phi) is 54.1. The fraction of sp³-hybridized carbons (Fsp3) is 0.897. The zero-order valence-corrected chi connectivity index (χ0v) is 42.0. The van der Waals surface area contributed by atoms with Crippen LogP contribution >= 0.6 is 0 Å². The molecule has 0 saturated carbocycles. The topological polar surface area (TPSA) is 63.6 Å². The zero-order chi connectivity index (χ0) is 44.8. The van der Waals surface area contributed by atoms with Crippen LogP contribution in [0.3, 0.4) is 0 Å². The van der Waals surface area contributed by atoms with Gasteiger partial charge in [-0.25, -0.2) is 0 Å². The summed E-state index contributed by atoms with van der Waals surface area (Å²) in [6.07, 6.45) is 74.4. The van der Waals surface area contributed by atoms with E-state index in [1.54, 1.807) is 0 Å². The summed E-state index contributed by atoms with van der Waals surface area (Å²) < 4.78 is 5.48.